The summed E-state index contributed by atoms with van der Waals surface area (Å²) in [4.78, 5) is 4.15. The van der Waals surface area contributed by atoms with E-state index in [-0.39, 0.29) is 5.02 Å². The lowest BCUT2D eigenvalue weighted by atomic mass is 10.0. The normalized spacial score (nSPS) is 12.4. The van der Waals surface area contributed by atoms with Crippen LogP contribution in [0.15, 0.2) is 30.5 Å². The van der Waals surface area contributed by atoms with Gasteiger partial charge in [0.05, 0.1) is 26.8 Å². The molecule has 0 bridgehead atoms. The second-order valence-corrected chi connectivity index (χ2v) is 5.38. The third kappa shape index (κ3) is 3.40. The molecule has 2 aromatic rings. The molecular weight excluding hydrogens is 324 g/mol. The van der Waals surface area contributed by atoms with Crippen LogP contribution in [0.5, 0.6) is 0 Å². The average molecular weight is 335 g/mol. The molecular formula is C13H11Cl3FN3. The number of nitrogens with one attached hydrogen (secondary N) is 1. The summed E-state index contributed by atoms with van der Waals surface area (Å²) in [6.07, 6.45) is 1.82. The Morgan fingerprint density at radius 1 is 1.30 bits per heavy atom. The van der Waals surface area contributed by atoms with Crippen molar-refractivity contribution in [1.82, 2.24) is 10.4 Å². The van der Waals surface area contributed by atoms with Crippen LogP contribution in [0.2, 0.25) is 15.1 Å². The van der Waals surface area contributed by atoms with E-state index in [1.807, 2.05) is 0 Å². The lowest BCUT2D eigenvalue weighted by Crippen LogP contribution is -2.30. The second kappa shape index (κ2) is 6.70. The van der Waals surface area contributed by atoms with E-state index in [1.165, 1.54) is 12.3 Å². The molecule has 0 fully saturated rings. The van der Waals surface area contributed by atoms with Gasteiger partial charge in [-0.1, -0.05) is 46.9 Å². The zero-order chi connectivity index (χ0) is 14.7. The molecule has 2 rings (SSSR count). The molecule has 7 heteroatoms. The van der Waals surface area contributed by atoms with Crippen molar-refractivity contribution in [3.05, 3.63) is 62.6 Å². The summed E-state index contributed by atoms with van der Waals surface area (Å²) in [6, 6.07) is 5.77. The van der Waals surface area contributed by atoms with E-state index >= 15 is 0 Å². The predicted octanol–water partition coefficient (Wildman–Crippen LogP) is 3.93. The van der Waals surface area contributed by atoms with E-state index in [2.05, 4.69) is 10.4 Å². The van der Waals surface area contributed by atoms with E-state index in [9.17, 15) is 4.39 Å². The van der Waals surface area contributed by atoms with Crippen LogP contribution >= 0.6 is 34.8 Å². The molecule has 1 aromatic carbocycles. The van der Waals surface area contributed by atoms with Crippen molar-refractivity contribution in [3.63, 3.8) is 0 Å². The van der Waals surface area contributed by atoms with Crippen molar-refractivity contribution >= 4 is 34.8 Å². The Morgan fingerprint density at radius 2 is 2.05 bits per heavy atom. The molecule has 3 N–H and O–H groups in total. The molecule has 0 saturated heterocycles. The Kier molecular flexibility index (Phi) is 5.18. The summed E-state index contributed by atoms with van der Waals surface area (Å²) in [7, 11) is 0. The van der Waals surface area contributed by atoms with Crippen LogP contribution in [0.25, 0.3) is 0 Å². The lowest BCUT2D eigenvalue weighted by Gasteiger charge is -2.17. The number of halogens is 4. The van der Waals surface area contributed by atoms with Crippen LogP contribution < -0.4 is 11.3 Å². The van der Waals surface area contributed by atoms with Gasteiger partial charge in [0.15, 0.2) is 0 Å². The molecule has 0 radical (unpaired) electrons. The summed E-state index contributed by atoms with van der Waals surface area (Å²) in [6.45, 7) is 0. The second-order valence-electron chi connectivity index (χ2n) is 4.16. The predicted molar refractivity (Wildman–Crippen MR) is 79.4 cm³/mol. The van der Waals surface area contributed by atoms with Crippen molar-refractivity contribution in [2.24, 2.45) is 5.84 Å². The third-order valence-electron chi connectivity index (χ3n) is 2.82. The summed E-state index contributed by atoms with van der Waals surface area (Å²) in [5, 5.41) is 0.879. The number of hydrogen-bond acceptors (Lipinski definition) is 3. The van der Waals surface area contributed by atoms with Crippen LogP contribution in [0.3, 0.4) is 0 Å². The third-order valence-corrected chi connectivity index (χ3v) is 3.76. The number of pyridine rings is 1. The van der Waals surface area contributed by atoms with Gasteiger partial charge in [0, 0.05) is 6.20 Å². The van der Waals surface area contributed by atoms with Gasteiger partial charge in [-0.25, -0.2) is 4.39 Å². The number of aromatic nitrogens is 1. The summed E-state index contributed by atoms with van der Waals surface area (Å²) < 4.78 is 13.4. The Bertz CT molecular complexity index is 622. The summed E-state index contributed by atoms with van der Waals surface area (Å²) in [5.74, 6) is 5.05. The van der Waals surface area contributed by atoms with Gasteiger partial charge in [-0.2, -0.15) is 0 Å². The van der Waals surface area contributed by atoms with E-state index in [4.69, 9.17) is 40.6 Å². The number of benzene rings is 1. The van der Waals surface area contributed by atoms with Crippen molar-refractivity contribution in [3.8, 4) is 0 Å². The number of hydrazine groups is 1. The average Bonchev–Trinajstić information content (AvgIpc) is 2.41. The van der Waals surface area contributed by atoms with Gasteiger partial charge >= 0.3 is 0 Å². The standard InChI is InChI=1S/C13H11Cl3FN3/c14-8-5-9(15)13(19-6-8)11(20-18)4-7-2-1-3-10(17)12(7)16/h1-3,5-6,11,20H,4,18H2. The van der Waals surface area contributed by atoms with Crippen LogP contribution in [-0.4, -0.2) is 4.98 Å². The zero-order valence-corrected chi connectivity index (χ0v) is 12.5. The van der Waals surface area contributed by atoms with Crippen molar-refractivity contribution in [2.75, 3.05) is 0 Å². The van der Waals surface area contributed by atoms with Crippen molar-refractivity contribution in [1.29, 1.82) is 0 Å². The van der Waals surface area contributed by atoms with Crippen LogP contribution in [0.4, 0.5) is 4.39 Å². The molecule has 1 unspecified atom stereocenters. The summed E-state index contributed by atoms with van der Waals surface area (Å²) in [5.41, 5.74) is 3.74. The fourth-order valence-electron chi connectivity index (χ4n) is 1.84. The van der Waals surface area contributed by atoms with E-state index in [0.29, 0.717) is 27.7 Å². The van der Waals surface area contributed by atoms with Gasteiger partial charge in [0.1, 0.15) is 5.82 Å². The quantitative estimate of drug-likeness (QED) is 0.658. The van der Waals surface area contributed by atoms with Gasteiger partial charge in [-0.3, -0.25) is 16.3 Å². The van der Waals surface area contributed by atoms with Gasteiger partial charge < -0.3 is 0 Å². The van der Waals surface area contributed by atoms with Crippen LogP contribution in [-0.2, 0) is 6.42 Å². The van der Waals surface area contributed by atoms with E-state index in [0.717, 1.165) is 0 Å². The maximum atomic E-state index is 13.4. The van der Waals surface area contributed by atoms with E-state index < -0.39 is 11.9 Å². The Balaban J connectivity index is 2.31. The van der Waals surface area contributed by atoms with Crippen molar-refractivity contribution in [2.45, 2.75) is 12.5 Å². The number of nitrogens with two attached hydrogens (primary N) is 1. The van der Waals surface area contributed by atoms with Gasteiger partial charge in [-0.05, 0) is 24.1 Å². The first-order valence-electron chi connectivity index (χ1n) is 5.73. The van der Waals surface area contributed by atoms with Gasteiger partial charge in [0.2, 0.25) is 0 Å². The number of hydrogen-bond donors (Lipinski definition) is 2. The monoisotopic (exact) mass is 333 g/mol. The number of nitrogens with zero attached hydrogens (tertiary/aromatic N) is 1. The molecule has 20 heavy (non-hydrogen) atoms. The summed E-state index contributed by atoms with van der Waals surface area (Å²) >= 11 is 17.8. The highest BCUT2D eigenvalue weighted by atomic mass is 35.5. The highest BCUT2D eigenvalue weighted by Crippen LogP contribution is 2.28. The minimum Gasteiger partial charge on any atom is -0.271 e. The minimum atomic E-state index is -0.477. The van der Waals surface area contributed by atoms with Gasteiger partial charge in [0.25, 0.3) is 0 Å². The lowest BCUT2D eigenvalue weighted by molar-refractivity contribution is 0.536. The zero-order valence-electron chi connectivity index (χ0n) is 10.2. The Morgan fingerprint density at radius 3 is 2.70 bits per heavy atom. The molecule has 0 aliphatic rings. The first kappa shape index (κ1) is 15.5. The fourth-order valence-corrected chi connectivity index (χ4v) is 2.56. The molecule has 1 aromatic heterocycles. The highest BCUT2D eigenvalue weighted by molar-refractivity contribution is 6.34. The smallest absolute Gasteiger partial charge is 0.142 e. The molecule has 0 spiro atoms. The Hall–Kier alpha value is -0.910. The molecule has 0 amide bonds. The maximum Gasteiger partial charge on any atom is 0.142 e. The minimum absolute atomic E-state index is 0.0674. The van der Waals surface area contributed by atoms with Gasteiger partial charge in [-0.15, -0.1) is 0 Å². The molecule has 3 nitrogen and oxygen atoms in total. The molecule has 1 heterocycles. The SMILES string of the molecule is NNC(Cc1cccc(F)c1Cl)c1ncc(Cl)cc1Cl. The van der Waals surface area contributed by atoms with E-state index in [1.54, 1.807) is 18.2 Å². The fraction of sp³-hybridized carbons (Fsp3) is 0.154. The molecule has 1 atom stereocenters. The molecule has 0 saturated carbocycles. The first-order chi connectivity index (χ1) is 9.52. The molecule has 106 valence electrons. The van der Waals surface area contributed by atoms with Crippen LogP contribution in [0.1, 0.15) is 17.3 Å². The topological polar surface area (TPSA) is 50.9 Å². The molecule has 0 aliphatic carbocycles. The molecule has 0 aliphatic heterocycles. The largest absolute Gasteiger partial charge is 0.271 e. The first-order valence-corrected chi connectivity index (χ1v) is 6.86. The Labute approximate surface area is 130 Å². The van der Waals surface area contributed by atoms with Crippen LogP contribution in [0, 0.1) is 5.82 Å². The maximum absolute atomic E-state index is 13.4. The van der Waals surface area contributed by atoms with Crippen molar-refractivity contribution < 1.29 is 4.39 Å². The number of rotatable bonds is 4. The highest BCUT2D eigenvalue weighted by Gasteiger charge is 2.18.